The van der Waals surface area contributed by atoms with Crippen LogP contribution in [0, 0.1) is 6.54 Å². The Morgan fingerprint density at radius 2 is 2.18 bits per heavy atom. The third-order valence-electron chi connectivity index (χ3n) is 1.98. The van der Waals surface area contributed by atoms with Crippen molar-refractivity contribution >= 4 is 0 Å². The lowest BCUT2D eigenvalue weighted by molar-refractivity contribution is 0.372. The minimum Gasteiger partial charge on any atom is -0.318 e. The third-order valence-corrected chi connectivity index (χ3v) is 1.98. The Kier molecular flexibility index (Phi) is 1.64. The van der Waals surface area contributed by atoms with Crippen LogP contribution in [0.3, 0.4) is 0 Å². The molecule has 1 aromatic carbocycles. The van der Waals surface area contributed by atoms with Crippen LogP contribution in [0.4, 0.5) is 0 Å². The lowest BCUT2D eigenvalue weighted by Crippen LogP contribution is -2.22. The van der Waals surface area contributed by atoms with Gasteiger partial charge in [-0.3, -0.25) is 4.90 Å². The smallest absolute Gasteiger partial charge is 0.0564 e. The topological polar surface area (TPSA) is 29.3 Å². The van der Waals surface area contributed by atoms with Gasteiger partial charge in [0.1, 0.15) is 0 Å². The summed E-state index contributed by atoms with van der Waals surface area (Å²) in [5.74, 6) is 0. The van der Waals surface area contributed by atoms with Gasteiger partial charge < -0.3 is 5.73 Å². The predicted octanol–water partition coefficient (Wildman–Crippen LogP) is 0.928. The van der Waals surface area contributed by atoms with E-state index < -0.39 is 0 Å². The Bertz CT molecular complexity index is 232. The van der Waals surface area contributed by atoms with Crippen molar-refractivity contribution in [3.05, 3.63) is 41.9 Å². The molecule has 1 heterocycles. The highest BCUT2D eigenvalue weighted by molar-refractivity contribution is 5.36. The van der Waals surface area contributed by atoms with Gasteiger partial charge in [-0.1, -0.05) is 24.3 Å². The zero-order valence-corrected chi connectivity index (χ0v) is 6.33. The van der Waals surface area contributed by atoms with Crippen molar-refractivity contribution in [2.75, 3.05) is 6.67 Å². The largest absolute Gasteiger partial charge is 0.318 e. The molecular formula is C9H11N2. The van der Waals surface area contributed by atoms with E-state index in [2.05, 4.69) is 35.7 Å². The third kappa shape index (κ3) is 1.15. The van der Waals surface area contributed by atoms with E-state index in [0.29, 0.717) is 6.67 Å². The van der Waals surface area contributed by atoms with Crippen LogP contribution in [-0.2, 0) is 6.54 Å². The molecule has 1 radical (unpaired) electrons. The molecule has 0 fully saturated rings. The molecule has 0 aliphatic carbocycles. The maximum absolute atomic E-state index is 5.51. The zero-order valence-electron chi connectivity index (χ0n) is 6.33. The van der Waals surface area contributed by atoms with Crippen molar-refractivity contribution in [2.45, 2.75) is 6.54 Å². The minimum absolute atomic E-state index is 0.606. The highest BCUT2D eigenvalue weighted by atomic mass is 15.2. The fourth-order valence-electron chi connectivity index (χ4n) is 1.38. The van der Waals surface area contributed by atoms with Crippen LogP contribution in [0.15, 0.2) is 24.3 Å². The average Bonchev–Trinajstić information content (AvgIpc) is 2.46. The van der Waals surface area contributed by atoms with E-state index in [4.69, 9.17) is 5.73 Å². The molecule has 0 unspecified atom stereocenters. The first-order valence-electron chi connectivity index (χ1n) is 3.77. The maximum atomic E-state index is 5.51. The van der Waals surface area contributed by atoms with E-state index in [9.17, 15) is 0 Å². The normalized spacial score (nSPS) is 16.8. The molecule has 11 heavy (non-hydrogen) atoms. The molecule has 2 heteroatoms. The molecule has 1 aromatic rings. The molecule has 0 bridgehead atoms. The summed E-state index contributed by atoms with van der Waals surface area (Å²) in [4.78, 5) is 2.10. The number of hydrogen-bond acceptors (Lipinski definition) is 2. The summed E-state index contributed by atoms with van der Waals surface area (Å²) in [6.07, 6.45) is 0. The summed E-state index contributed by atoms with van der Waals surface area (Å²) in [5, 5.41) is 0. The number of rotatable bonds is 1. The molecule has 1 aliphatic heterocycles. The molecule has 0 aromatic heterocycles. The first-order valence-corrected chi connectivity index (χ1v) is 3.77. The highest BCUT2D eigenvalue weighted by Gasteiger charge is 2.16. The van der Waals surface area contributed by atoms with E-state index in [1.54, 1.807) is 0 Å². The molecule has 0 saturated carbocycles. The standard InChI is InChI=1S/C9H11N2/c10-7-11-5-8-3-1-2-4-9(8)6-11/h1-5H,6-7,10H2. The highest BCUT2D eigenvalue weighted by Crippen LogP contribution is 2.22. The summed E-state index contributed by atoms with van der Waals surface area (Å²) in [7, 11) is 0. The van der Waals surface area contributed by atoms with Crippen LogP contribution in [0.1, 0.15) is 11.1 Å². The van der Waals surface area contributed by atoms with Gasteiger partial charge >= 0.3 is 0 Å². The van der Waals surface area contributed by atoms with Crippen molar-refractivity contribution in [3.8, 4) is 0 Å². The van der Waals surface area contributed by atoms with E-state index in [0.717, 1.165) is 6.54 Å². The lowest BCUT2D eigenvalue weighted by atomic mass is 10.1. The number of benzene rings is 1. The van der Waals surface area contributed by atoms with E-state index in [1.807, 2.05) is 0 Å². The van der Waals surface area contributed by atoms with Gasteiger partial charge in [0.05, 0.1) is 6.54 Å². The second kappa shape index (κ2) is 2.64. The van der Waals surface area contributed by atoms with Gasteiger partial charge in [0.2, 0.25) is 0 Å². The molecule has 57 valence electrons. The Morgan fingerprint density at radius 3 is 2.91 bits per heavy atom. The number of nitrogens with zero attached hydrogens (tertiary/aromatic N) is 1. The first-order chi connectivity index (χ1) is 5.40. The summed E-state index contributed by atoms with van der Waals surface area (Å²) in [6.45, 7) is 3.68. The van der Waals surface area contributed by atoms with E-state index in [-0.39, 0.29) is 0 Å². The fraction of sp³-hybridized carbons (Fsp3) is 0.222. The molecule has 2 nitrogen and oxygen atoms in total. The summed E-state index contributed by atoms with van der Waals surface area (Å²) in [6, 6.07) is 8.37. The SMILES string of the molecule is NCN1[CH]c2ccccc2C1. The first kappa shape index (κ1) is 6.83. The Balaban J connectivity index is 2.27. The maximum Gasteiger partial charge on any atom is 0.0564 e. The predicted molar refractivity (Wildman–Crippen MR) is 44.4 cm³/mol. The van der Waals surface area contributed by atoms with Gasteiger partial charge in [0.25, 0.3) is 0 Å². The van der Waals surface area contributed by atoms with Gasteiger partial charge in [0.15, 0.2) is 0 Å². The van der Waals surface area contributed by atoms with Crippen LogP contribution in [0.25, 0.3) is 0 Å². The molecule has 2 rings (SSSR count). The molecule has 0 spiro atoms. The monoisotopic (exact) mass is 147 g/mol. The van der Waals surface area contributed by atoms with Crippen LogP contribution >= 0.6 is 0 Å². The molecule has 0 atom stereocenters. The van der Waals surface area contributed by atoms with E-state index >= 15 is 0 Å². The van der Waals surface area contributed by atoms with Crippen molar-refractivity contribution in [3.63, 3.8) is 0 Å². The lowest BCUT2D eigenvalue weighted by Gasteiger charge is -2.08. The van der Waals surface area contributed by atoms with Gasteiger partial charge in [-0.25, -0.2) is 0 Å². The molecule has 0 amide bonds. The summed E-state index contributed by atoms with van der Waals surface area (Å²) in [5.41, 5.74) is 8.18. The van der Waals surface area contributed by atoms with E-state index in [1.165, 1.54) is 11.1 Å². The summed E-state index contributed by atoms with van der Waals surface area (Å²) >= 11 is 0. The number of fused-ring (bicyclic) bond motifs is 1. The Morgan fingerprint density at radius 1 is 1.36 bits per heavy atom. The van der Waals surface area contributed by atoms with Gasteiger partial charge in [-0.2, -0.15) is 0 Å². The minimum atomic E-state index is 0.606. The average molecular weight is 147 g/mol. The Hall–Kier alpha value is -0.860. The van der Waals surface area contributed by atoms with Crippen molar-refractivity contribution in [2.24, 2.45) is 5.73 Å². The van der Waals surface area contributed by atoms with Gasteiger partial charge in [-0.05, 0) is 11.1 Å². The quantitative estimate of drug-likeness (QED) is 0.640. The van der Waals surface area contributed by atoms with Crippen LogP contribution in [0.5, 0.6) is 0 Å². The number of hydrogen-bond donors (Lipinski definition) is 1. The second-order valence-electron chi connectivity index (χ2n) is 2.76. The zero-order chi connectivity index (χ0) is 7.68. The summed E-state index contributed by atoms with van der Waals surface area (Å²) < 4.78 is 0. The van der Waals surface area contributed by atoms with Crippen LogP contribution < -0.4 is 5.73 Å². The number of nitrogens with two attached hydrogens (primary N) is 1. The van der Waals surface area contributed by atoms with Crippen molar-refractivity contribution < 1.29 is 0 Å². The van der Waals surface area contributed by atoms with Crippen LogP contribution in [-0.4, -0.2) is 11.6 Å². The Labute approximate surface area is 66.6 Å². The second-order valence-corrected chi connectivity index (χ2v) is 2.76. The van der Waals surface area contributed by atoms with Crippen molar-refractivity contribution in [1.82, 2.24) is 4.90 Å². The molecule has 2 N–H and O–H groups in total. The molecular weight excluding hydrogens is 136 g/mol. The fourth-order valence-corrected chi connectivity index (χ4v) is 1.38. The van der Waals surface area contributed by atoms with Gasteiger partial charge in [-0.15, -0.1) is 0 Å². The molecule has 0 saturated heterocycles. The van der Waals surface area contributed by atoms with Crippen molar-refractivity contribution in [1.29, 1.82) is 0 Å². The van der Waals surface area contributed by atoms with Crippen LogP contribution in [0.2, 0.25) is 0 Å². The van der Waals surface area contributed by atoms with Gasteiger partial charge in [0, 0.05) is 13.2 Å². The molecule has 1 aliphatic rings.